The number of rotatable bonds is 4. The second-order valence-electron chi connectivity index (χ2n) is 13.6. The summed E-state index contributed by atoms with van der Waals surface area (Å²) in [7, 11) is 0. The first-order valence-electron chi connectivity index (χ1n) is 17.6. The van der Waals surface area contributed by atoms with Gasteiger partial charge in [0.2, 0.25) is 0 Å². The Morgan fingerprint density at radius 1 is 0.294 bits per heavy atom. The van der Waals surface area contributed by atoms with E-state index < -0.39 is 0 Å². The van der Waals surface area contributed by atoms with Gasteiger partial charge >= 0.3 is 0 Å². The van der Waals surface area contributed by atoms with Crippen LogP contribution < -0.4 is 0 Å². The van der Waals surface area contributed by atoms with Gasteiger partial charge in [0, 0.05) is 16.5 Å². The van der Waals surface area contributed by atoms with Gasteiger partial charge in [-0.15, -0.1) is 0 Å². The number of fused-ring (bicyclic) bond motifs is 3. The minimum Gasteiger partial charge on any atom is -0.455 e. The van der Waals surface area contributed by atoms with Crippen LogP contribution in [0.1, 0.15) is 0 Å². The molecule has 0 fully saturated rings. The molecule has 11 aromatic rings. The zero-order valence-corrected chi connectivity index (χ0v) is 27.7. The number of benzene rings is 10. The summed E-state index contributed by atoms with van der Waals surface area (Å²) < 4.78 is 7.05. The van der Waals surface area contributed by atoms with Crippen LogP contribution in [0.25, 0.3) is 110 Å². The summed E-state index contributed by atoms with van der Waals surface area (Å²) in [4.78, 5) is 0. The molecule has 0 aliphatic rings. The first-order chi connectivity index (χ1) is 25.3. The lowest BCUT2D eigenvalue weighted by Gasteiger charge is -2.16. The molecule has 0 aliphatic carbocycles. The third-order valence-electron chi connectivity index (χ3n) is 10.8. The summed E-state index contributed by atoms with van der Waals surface area (Å²) in [6.07, 6.45) is 0. The summed E-state index contributed by atoms with van der Waals surface area (Å²) in [5.74, 6) is 0.902. The molecule has 0 amide bonds. The van der Waals surface area contributed by atoms with E-state index in [-0.39, 0.29) is 0 Å². The largest absolute Gasteiger partial charge is 0.455 e. The van der Waals surface area contributed by atoms with Crippen molar-refractivity contribution in [2.75, 3.05) is 0 Å². The maximum absolute atomic E-state index is 7.05. The fraction of sp³-hybridized carbons (Fsp3) is 0. The molecule has 1 nitrogen and oxygen atoms in total. The fourth-order valence-electron chi connectivity index (χ4n) is 8.51. The number of furan rings is 1. The van der Waals surface area contributed by atoms with E-state index in [0.29, 0.717) is 0 Å². The van der Waals surface area contributed by atoms with Crippen molar-refractivity contribution in [1.29, 1.82) is 0 Å². The Morgan fingerprint density at radius 3 is 1.51 bits per heavy atom. The Hall–Kier alpha value is -6.70. The van der Waals surface area contributed by atoms with Gasteiger partial charge in [0.1, 0.15) is 11.3 Å². The SMILES string of the molecule is c1ccc(-c2ccc3ccc4c(-c5ccc6c(-c7cccc8ccccc78)c(-c7cccc8ccccc78)oc6c5)ccc5ccc2c3c54)cc1. The lowest BCUT2D eigenvalue weighted by atomic mass is 9.87. The maximum atomic E-state index is 7.05. The minimum atomic E-state index is 0.885. The predicted molar refractivity (Wildman–Crippen MR) is 217 cm³/mol. The molecule has 0 saturated heterocycles. The van der Waals surface area contributed by atoms with Crippen LogP contribution in [0.2, 0.25) is 0 Å². The molecule has 0 bridgehead atoms. The normalized spacial score (nSPS) is 11.9. The van der Waals surface area contributed by atoms with Crippen molar-refractivity contribution in [3.8, 4) is 44.7 Å². The van der Waals surface area contributed by atoms with E-state index in [1.807, 2.05) is 0 Å². The fourth-order valence-corrected chi connectivity index (χ4v) is 8.51. The van der Waals surface area contributed by atoms with E-state index in [4.69, 9.17) is 4.42 Å². The third-order valence-corrected chi connectivity index (χ3v) is 10.8. The molecule has 0 unspecified atom stereocenters. The summed E-state index contributed by atoms with van der Waals surface area (Å²) in [5, 5.41) is 13.6. The van der Waals surface area contributed by atoms with Crippen molar-refractivity contribution in [2.45, 2.75) is 0 Å². The molecule has 0 atom stereocenters. The van der Waals surface area contributed by atoms with E-state index in [1.54, 1.807) is 0 Å². The van der Waals surface area contributed by atoms with Crippen LogP contribution in [-0.4, -0.2) is 0 Å². The average Bonchev–Trinajstić information content (AvgIpc) is 3.58. The summed E-state index contributed by atoms with van der Waals surface area (Å²) in [5.41, 5.74) is 9.16. The Bertz CT molecular complexity index is 3120. The standard InChI is InChI=1S/C50H30O/c1-2-10-31(11-3-1)39-25-20-34-23-28-43-40(26-21-35-22-27-42(39)47(34)48(35)43)36-24-29-45-46(30-36)51-50(44-19-9-15-33-13-5-7-17-38(33)44)49(45)41-18-8-14-32-12-4-6-16-37(32)41/h1-30H. The second-order valence-corrected chi connectivity index (χ2v) is 13.6. The van der Waals surface area contributed by atoms with Crippen LogP contribution in [0.15, 0.2) is 186 Å². The van der Waals surface area contributed by atoms with Crippen molar-refractivity contribution >= 4 is 64.8 Å². The van der Waals surface area contributed by atoms with Gasteiger partial charge in [-0.3, -0.25) is 0 Å². The lowest BCUT2D eigenvalue weighted by molar-refractivity contribution is 0.633. The third kappa shape index (κ3) is 4.22. The van der Waals surface area contributed by atoms with Crippen LogP contribution in [0.5, 0.6) is 0 Å². The second kappa shape index (κ2) is 10.9. The Morgan fingerprint density at radius 2 is 0.824 bits per heavy atom. The zero-order chi connectivity index (χ0) is 33.5. The molecule has 236 valence electrons. The molecular formula is C50H30O. The molecule has 0 radical (unpaired) electrons. The Kier molecular flexibility index (Phi) is 6.02. The van der Waals surface area contributed by atoms with Gasteiger partial charge in [-0.05, 0) is 93.8 Å². The quantitative estimate of drug-likeness (QED) is 0.173. The summed E-state index contributed by atoms with van der Waals surface area (Å²) >= 11 is 0. The highest BCUT2D eigenvalue weighted by Gasteiger charge is 2.22. The molecule has 51 heavy (non-hydrogen) atoms. The van der Waals surface area contributed by atoms with Gasteiger partial charge in [-0.1, -0.05) is 170 Å². The molecular weight excluding hydrogens is 617 g/mol. The average molecular weight is 647 g/mol. The van der Waals surface area contributed by atoms with Crippen LogP contribution >= 0.6 is 0 Å². The highest BCUT2D eigenvalue weighted by molar-refractivity contribution is 6.27. The summed E-state index contributed by atoms with van der Waals surface area (Å²) in [6, 6.07) is 66.1. The minimum absolute atomic E-state index is 0.885. The van der Waals surface area contributed by atoms with Crippen molar-refractivity contribution in [3.63, 3.8) is 0 Å². The van der Waals surface area contributed by atoms with Crippen LogP contribution in [0.4, 0.5) is 0 Å². The molecule has 10 aromatic carbocycles. The van der Waals surface area contributed by atoms with Crippen LogP contribution in [0.3, 0.4) is 0 Å². The Balaban J connectivity index is 1.17. The zero-order valence-electron chi connectivity index (χ0n) is 27.7. The van der Waals surface area contributed by atoms with Gasteiger partial charge < -0.3 is 4.42 Å². The summed E-state index contributed by atoms with van der Waals surface area (Å²) in [6.45, 7) is 0. The van der Waals surface area contributed by atoms with Gasteiger partial charge in [0.15, 0.2) is 0 Å². The van der Waals surface area contributed by atoms with E-state index >= 15 is 0 Å². The topological polar surface area (TPSA) is 13.1 Å². The molecule has 1 aromatic heterocycles. The first kappa shape index (κ1) is 28.2. The molecule has 1 heteroatoms. The van der Waals surface area contributed by atoms with E-state index in [9.17, 15) is 0 Å². The van der Waals surface area contributed by atoms with Crippen molar-refractivity contribution in [2.24, 2.45) is 0 Å². The van der Waals surface area contributed by atoms with Gasteiger partial charge in [-0.25, -0.2) is 0 Å². The predicted octanol–water partition coefficient (Wildman–Crippen LogP) is 14.3. The van der Waals surface area contributed by atoms with Gasteiger partial charge in [-0.2, -0.15) is 0 Å². The molecule has 0 saturated carbocycles. The van der Waals surface area contributed by atoms with Crippen molar-refractivity contribution in [1.82, 2.24) is 0 Å². The molecule has 0 aliphatic heterocycles. The molecule has 0 spiro atoms. The van der Waals surface area contributed by atoms with Crippen LogP contribution in [0, 0.1) is 0 Å². The van der Waals surface area contributed by atoms with Crippen LogP contribution in [-0.2, 0) is 0 Å². The van der Waals surface area contributed by atoms with Crippen molar-refractivity contribution < 1.29 is 4.42 Å². The monoisotopic (exact) mass is 646 g/mol. The first-order valence-corrected chi connectivity index (χ1v) is 17.6. The molecule has 0 N–H and O–H groups in total. The van der Waals surface area contributed by atoms with Crippen molar-refractivity contribution in [3.05, 3.63) is 182 Å². The lowest BCUT2D eigenvalue weighted by Crippen LogP contribution is -1.89. The maximum Gasteiger partial charge on any atom is 0.143 e. The van der Waals surface area contributed by atoms with Gasteiger partial charge in [0.05, 0.1) is 0 Å². The van der Waals surface area contributed by atoms with E-state index in [1.165, 1.54) is 76.1 Å². The molecule has 11 rings (SSSR count). The smallest absolute Gasteiger partial charge is 0.143 e. The van der Waals surface area contributed by atoms with E-state index in [0.717, 1.165) is 33.4 Å². The van der Waals surface area contributed by atoms with E-state index in [2.05, 4.69) is 182 Å². The molecule has 1 heterocycles. The highest BCUT2D eigenvalue weighted by Crippen LogP contribution is 2.47. The number of hydrogen-bond acceptors (Lipinski definition) is 1. The number of hydrogen-bond donors (Lipinski definition) is 0. The Labute approximate surface area is 295 Å². The highest BCUT2D eigenvalue weighted by atomic mass is 16.3. The van der Waals surface area contributed by atoms with Gasteiger partial charge in [0.25, 0.3) is 0 Å².